The van der Waals surface area contributed by atoms with E-state index in [9.17, 15) is 4.79 Å². The van der Waals surface area contributed by atoms with Crippen LogP contribution >= 0.6 is 24.0 Å². The fourth-order valence-electron chi connectivity index (χ4n) is 1.80. The van der Waals surface area contributed by atoms with E-state index in [1.807, 2.05) is 37.3 Å². The number of nitrogens with one attached hydrogen (secondary N) is 3. The molecule has 0 radical (unpaired) electrons. The van der Waals surface area contributed by atoms with Gasteiger partial charge in [-0.2, -0.15) is 0 Å². The van der Waals surface area contributed by atoms with Crippen LogP contribution in [0.5, 0.6) is 0 Å². The van der Waals surface area contributed by atoms with Crippen molar-refractivity contribution in [2.75, 3.05) is 25.0 Å². The third-order valence-electron chi connectivity index (χ3n) is 2.86. The van der Waals surface area contributed by atoms with Gasteiger partial charge < -0.3 is 16.0 Å². The molecule has 0 aromatic heterocycles. The van der Waals surface area contributed by atoms with Gasteiger partial charge in [-0.15, -0.1) is 24.0 Å². The summed E-state index contributed by atoms with van der Waals surface area (Å²) in [6, 6.07) is 9.40. The van der Waals surface area contributed by atoms with E-state index < -0.39 is 0 Å². The summed E-state index contributed by atoms with van der Waals surface area (Å²) in [7, 11) is 0. The summed E-state index contributed by atoms with van der Waals surface area (Å²) < 4.78 is 0. The smallest absolute Gasteiger partial charge is 0.246 e. The standard InChI is InChI=1S/C16H26N4O.HI/c1-3-5-9-12-18-16(17-4-2)19-13-15(21)20-14-10-7-6-8-11-14;/h6-8,10-11H,3-5,9,12-13H2,1-2H3,(H,20,21)(H2,17,18,19);1H. The van der Waals surface area contributed by atoms with E-state index in [-0.39, 0.29) is 36.4 Å². The number of para-hydroxylation sites is 1. The number of unbranched alkanes of at least 4 members (excludes halogenated alkanes) is 2. The molecule has 1 aromatic rings. The predicted octanol–water partition coefficient (Wildman–Crippen LogP) is 2.99. The second kappa shape index (κ2) is 13.4. The minimum atomic E-state index is -0.119. The number of carbonyl (C=O) groups excluding carboxylic acids is 1. The monoisotopic (exact) mass is 418 g/mol. The number of aliphatic imine (C=N–C) groups is 1. The second-order valence-electron chi connectivity index (χ2n) is 4.74. The highest BCUT2D eigenvalue weighted by Gasteiger charge is 2.02. The number of halogens is 1. The van der Waals surface area contributed by atoms with Gasteiger partial charge in [0.1, 0.15) is 6.54 Å². The maximum absolute atomic E-state index is 11.8. The lowest BCUT2D eigenvalue weighted by atomic mass is 10.2. The van der Waals surface area contributed by atoms with Crippen molar-refractivity contribution in [2.24, 2.45) is 4.99 Å². The second-order valence-corrected chi connectivity index (χ2v) is 4.74. The average Bonchev–Trinajstić information content (AvgIpc) is 2.50. The summed E-state index contributed by atoms with van der Waals surface area (Å²) in [5.41, 5.74) is 0.790. The molecular formula is C16H27IN4O. The minimum absolute atomic E-state index is 0. The van der Waals surface area contributed by atoms with Crippen LogP contribution in [0, 0.1) is 0 Å². The minimum Gasteiger partial charge on any atom is -0.357 e. The normalized spacial score (nSPS) is 10.5. The highest BCUT2D eigenvalue weighted by atomic mass is 127. The van der Waals surface area contributed by atoms with E-state index >= 15 is 0 Å². The summed E-state index contributed by atoms with van der Waals surface area (Å²) >= 11 is 0. The molecule has 22 heavy (non-hydrogen) atoms. The van der Waals surface area contributed by atoms with Crippen LogP contribution < -0.4 is 16.0 Å². The molecule has 0 aliphatic heterocycles. The van der Waals surface area contributed by atoms with Crippen molar-refractivity contribution in [3.05, 3.63) is 30.3 Å². The Labute approximate surface area is 150 Å². The lowest BCUT2D eigenvalue weighted by molar-refractivity contribution is -0.114. The first-order chi connectivity index (χ1) is 10.3. The van der Waals surface area contributed by atoms with Crippen LogP contribution in [0.3, 0.4) is 0 Å². The number of hydrogen-bond donors (Lipinski definition) is 3. The Morgan fingerprint density at radius 2 is 1.82 bits per heavy atom. The predicted molar refractivity (Wildman–Crippen MR) is 104 cm³/mol. The largest absolute Gasteiger partial charge is 0.357 e. The molecule has 0 bridgehead atoms. The van der Waals surface area contributed by atoms with Crippen molar-refractivity contribution >= 4 is 41.5 Å². The van der Waals surface area contributed by atoms with Gasteiger partial charge in [0, 0.05) is 18.8 Å². The molecule has 0 spiro atoms. The topological polar surface area (TPSA) is 65.5 Å². The van der Waals surface area contributed by atoms with Crippen molar-refractivity contribution < 1.29 is 4.79 Å². The maximum Gasteiger partial charge on any atom is 0.246 e. The molecule has 0 aliphatic rings. The number of hydrogen-bond acceptors (Lipinski definition) is 2. The summed E-state index contributed by atoms with van der Waals surface area (Å²) in [6.07, 6.45) is 3.49. The molecule has 3 N–H and O–H groups in total. The van der Waals surface area contributed by atoms with Crippen molar-refractivity contribution in [2.45, 2.75) is 33.1 Å². The lowest BCUT2D eigenvalue weighted by Crippen LogP contribution is -2.38. The Kier molecular flexibility index (Phi) is 12.6. The third kappa shape index (κ3) is 9.59. The van der Waals surface area contributed by atoms with Crippen LogP contribution in [0.2, 0.25) is 0 Å². The zero-order valence-electron chi connectivity index (χ0n) is 13.4. The van der Waals surface area contributed by atoms with Gasteiger partial charge >= 0.3 is 0 Å². The highest BCUT2D eigenvalue weighted by Crippen LogP contribution is 2.04. The van der Waals surface area contributed by atoms with Gasteiger partial charge in [-0.25, -0.2) is 4.99 Å². The number of carbonyl (C=O) groups is 1. The van der Waals surface area contributed by atoms with Crippen molar-refractivity contribution in [1.29, 1.82) is 0 Å². The molecule has 5 nitrogen and oxygen atoms in total. The first-order valence-corrected chi connectivity index (χ1v) is 7.63. The van der Waals surface area contributed by atoms with Crippen LogP contribution in [0.1, 0.15) is 33.1 Å². The maximum atomic E-state index is 11.8. The van der Waals surface area contributed by atoms with Gasteiger partial charge in [0.2, 0.25) is 5.91 Å². The number of guanidine groups is 1. The van der Waals surface area contributed by atoms with E-state index in [1.54, 1.807) is 0 Å². The van der Waals surface area contributed by atoms with Crippen LogP contribution in [-0.2, 0) is 4.79 Å². The third-order valence-corrected chi connectivity index (χ3v) is 2.86. The molecular weight excluding hydrogens is 391 g/mol. The Morgan fingerprint density at radius 3 is 2.45 bits per heavy atom. The molecule has 0 fully saturated rings. The number of nitrogens with zero attached hydrogens (tertiary/aromatic N) is 1. The number of amides is 1. The van der Waals surface area contributed by atoms with E-state index in [1.165, 1.54) is 12.8 Å². The Hall–Kier alpha value is -1.31. The van der Waals surface area contributed by atoms with E-state index in [0.29, 0.717) is 5.96 Å². The zero-order valence-corrected chi connectivity index (χ0v) is 15.7. The summed E-state index contributed by atoms with van der Waals surface area (Å²) in [5.74, 6) is 0.573. The van der Waals surface area contributed by atoms with Crippen molar-refractivity contribution in [3.63, 3.8) is 0 Å². The number of benzene rings is 1. The first-order valence-electron chi connectivity index (χ1n) is 7.63. The van der Waals surface area contributed by atoms with Gasteiger partial charge in [0.25, 0.3) is 0 Å². The number of rotatable bonds is 8. The fourth-order valence-corrected chi connectivity index (χ4v) is 1.80. The summed E-state index contributed by atoms with van der Waals surface area (Å²) in [6.45, 7) is 5.94. The summed E-state index contributed by atoms with van der Waals surface area (Å²) in [5, 5.41) is 9.19. The van der Waals surface area contributed by atoms with Gasteiger partial charge in [0.05, 0.1) is 0 Å². The molecule has 0 aliphatic carbocycles. The molecule has 0 saturated heterocycles. The van der Waals surface area contributed by atoms with Crippen molar-refractivity contribution in [1.82, 2.24) is 10.6 Å². The van der Waals surface area contributed by atoms with Gasteiger partial charge in [-0.1, -0.05) is 38.0 Å². The first kappa shape index (κ1) is 20.7. The van der Waals surface area contributed by atoms with Gasteiger partial charge in [0.15, 0.2) is 5.96 Å². The van der Waals surface area contributed by atoms with Gasteiger partial charge in [-0.3, -0.25) is 4.79 Å². The van der Waals surface area contributed by atoms with Gasteiger partial charge in [-0.05, 0) is 25.5 Å². The van der Waals surface area contributed by atoms with E-state index in [4.69, 9.17) is 0 Å². The molecule has 1 aromatic carbocycles. The molecule has 0 unspecified atom stereocenters. The van der Waals surface area contributed by atoms with Crippen LogP contribution in [-0.4, -0.2) is 31.5 Å². The molecule has 1 rings (SSSR count). The molecule has 0 atom stereocenters. The molecule has 1 amide bonds. The lowest BCUT2D eigenvalue weighted by Gasteiger charge is -2.11. The van der Waals surface area contributed by atoms with Crippen LogP contribution in [0.25, 0.3) is 0 Å². The molecule has 0 heterocycles. The van der Waals surface area contributed by atoms with Crippen LogP contribution in [0.4, 0.5) is 5.69 Å². The summed E-state index contributed by atoms with van der Waals surface area (Å²) in [4.78, 5) is 16.1. The quantitative estimate of drug-likeness (QED) is 0.263. The Bertz CT molecular complexity index is 437. The van der Waals surface area contributed by atoms with E-state index in [2.05, 4.69) is 27.9 Å². The zero-order chi connectivity index (χ0) is 15.3. The fraction of sp³-hybridized carbons (Fsp3) is 0.500. The Morgan fingerprint density at radius 1 is 1.09 bits per heavy atom. The van der Waals surface area contributed by atoms with Crippen molar-refractivity contribution in [3.8, 4) is 0 Å². The average molecular weight is 418 g/mol. The van der Waals surface area contributed by atoms with Crippen LogP contribution in [0.15, 0.2) is 35.3 Å². The molecule has 0 saturated carbocycles. The highest BCUT2D eigenvalue weighted by molar-refractivity contribution is 14.0. The number of anilines is 1. The molecule has 124 valence electrons. The molecule has 6 heteroatoms. The SMILES string of the molecule is CCCCCNC(=NCC(=O)Nc1ccccc1)NCC.I. The Balaban J connectivity index is 0.00000441. The van der Waals surface area contributed by atoms with E-state index in [0.717, 1.165) is 25.2 Å².